The molecule has 14 heteroatoms. The third-order valence-electron chi connectivity index (χ3n) is 13.7. The van der Waals surface area contributed by atoms with Gasteiger partial charge in [-0.05, 0) is 86.7 Å². The topological polar surface area (TPSA) is 229 Å². The van der Waals surface area contributed by atoms with Crippen molar-refractivity contribution in [1.29, 1.82) is 0 Å². The first-order chi connectivity index (χ1) is 23.6. The molecule has 7 rings (SSSR count). The highest BCUT2D eigenvalue weighted by atomic mass is 16.8. The molecule has 0 amide bonds. The molecule has 2 aliphatic heterocycles. The average Bonchev–Trinajstić information content (AvgIpc) is 3.38. The summed E-state index contributed by atoms with van der Waals surface area (Å²) in [5, 5.41) is 86.8. The van der Waals surface area contributed by atoms with Gasteiger partial charge in [0.1, 0.15) is 42.7 Å². The molecule has 5 fully saturated rings. The quantitative estimate of drug-likeness (QED) is 0.179. The first-order valence-corrected chi connectivity index (χ1v) is 18.0. The molecule has 3 heterocycles. The standard InChI is InChI=1S/C36H52O14/c1-16-26(40)29(43)31(50-32-30(44)28(42)27(41)23(14-37)49-32)33(47-16)48-19-8-10-34(2)18(12-19)5-6-21-22(34)13-24(38)35(3)20(9-11-36(21,35)45)17-4-7-25(39)46-15-17/h4,7,12,15-16,19-24,26-33,37-38,40-45H,5-6,8-11,13-14H2,1-3H3/t16-,19-,20+,21+,22-,23+,24+,26-,27+,28-,29+,30+,31+,32-,33-,34-,35-,36-/m0/s1. The first-order valence-electron chi connectivity index (χ1n) is 18.0. The minimum absolute atomic E-state index is 0.00849. The van der Waals surface area contributed by atoms with Crippen molar-refractivity contribution in [3.8, 4) is 0 Å². The number of allylic oxidation sites excluding steroid dienone is 1. The Hall–Kier alpha value is -1.79. The Balaban J connectivity index is 1.10. The Morgan fingerprint density at radius 3 is 2.32 bits per heavy atom. The monoisotopic (exact) mass is 708 g/mol. The second kappa shape index (κ2) is 13.3. The van der Waals surface area contributed by atoms with Gasteiger partial charge in [-0.15, -0.1) is 0 Å². The van der Waals surface area contributed by atoms with Crippen LogP contribution in [0.4, 0.5) is 0 Å². The van der Waals surface area contributed by atoms with Gasteiger partial charge in [0, 0.05) is 11.5 Å². The highest BCUT2D eigenvalue weighted by Crippen LogP contribution is 2.70. The fraction of sp³-hybridized carbons (Fsp3) is 0.806. The number of fused-ring (bicyclic) bond motifs is 5. The molecule has 0 aromatic carbocycles. The predicted octanol–water partition coefficient (Wildman–Crippen LogP) is -0.191. The molecule has 280 valence electrons. The maximum absolute atomic E-state index is 12.6. The van der Waals surface area contributed by atoms with Gasteiger partial charge in [-0.1, -0.05) is 25.5 Å². The Morgan fingerprint density at radius 1 is 0.860 bits per heavy atom. The van der Waals surface area contributed by atoms with Crippen LogP contribution >= 0.6 is 0 Å². The molecule has 3 saturated carbocycles. The van der Waals surface area contributed by atoms with E-state index in [1.807, 2.05) is 6.92 Å². The summed E-state index contributed by atoms with van der Waals surface area (Å²) in [5.74, 6) is -0.201. The van der Waals surface area contributed by atoms with Gasteiger partial charge in [-0.3, -0.25) is 0 Å². The second-order valence-electron chi connectivity index (χ2n) is 16.0. The molecule has 18 atom stereocenters. The van der Waals surface area contributed by atoms with E-state index < -0.39 is 96.9 Å². The first kappa shape index (κ1) is 36.6. The number of hydrogen-bond donors (Lipinski definition) is 8. The molecule has 1 aromatic rings. The van der Waals surface area contributed by atoms with Crippen LogP contribution in [-0.2, 0) is 18.9 Å². The van der Waals surface area contributed by atoms with Crippen molar-refractivity contribution in [2.45, 2.75) is 151 Å². The van der Waals surface area contributed by atoms with Crippen LogP contribution in [0.15, 0.2) is 39.3 Å². The van der Waals surface area contributed by atoms with Crippen LogP contribution in [0.3, 0.4) is 0 Å². The van der Waals surface area contributed by atoms with E-state index in [9.17, 15) is 45.6 Å². The fourth-order valence-corrected chi connectivity index (χ4v) is 10.6. The number of aliphatic hydroxyl groups is 8. The lowest BCUT2D eigenvalue weighted by Crippen LogP contribution is -2.65. The van der Waals surface area contributed by atoms with Crippen molar-refractivity contribution < 1.29 is 64.2 Å². The van der Waals surface area contributed by atoms with Crippen LogP contribution in [0.2, 0.25) is 0 Å². The summed E-state index contributed by atoms with van der Waals surface area (Å²) in [6.45, 7) is 5.10. The van der Waals surface area contributed by atoms with Crippen LogP contribution in [-0.4, -0.2) is 127 Å². The molecular weight excluding hydrogens is 656 g/mol. The van der Waals surface area contributed by atoms with Gasteiger partial charge >= 0.3 is 5.63 Å². The normalized spacial score (nSPS) is 52.1. The van der Waals surface area contributed by atoms with E-state index >= 15 is 0 Å². The lowest BCUT2D eigenvalue weighted by atomic mass is 9.44. The molecule has 1 aromatic heterocycles. The third-order valence-corrected chi connectivity index (χ3v) is 13.7. The number of hydrogen-bond acceptors (Lipinski definition) is 14. The van der Waals surface area contributed by atoms with Gasteiger partial charge in [-0.2, -0.15) is 0 Å². The van der Waals surface area contributed by atoms with Crippen molar-refractivity contribution in [3.05, 3.63) is 46.0 Å². The Morgan fingerprint density at radius 2 is 1.62 bits per heavy atom. The summed E-state index contributed by atoms with van der Waals surface area (Å²) < 4.78 is 29.0. The summed E-state index contributed by atoms with van der Waals surface area (Å²) in [4.78, 5) is 11.7. The lowest BCUT2D eigenvalue weighted by molar-refractivity contribution is -0.367. The minimum atomic E-state index is -1.73. The molecule has 8 N–H and O–H groups in total. The van der Waals surface area contributed by atoms with Crippen molar-refractivity contribution in [2.24, 2.45) is 22.7 Å². The zero-order valence-corrected chi connectivity index (χ0v) is 28.7. The van der Waals surface area contributed by atoms with Crippen LogP contribution in [0, 0.1) is 22.7 Å². The smallest absolute Gasteiger partial charge is 0.335 e. The molecule has 0 spiro atoms. The van der Waals surface area contributed by atoms with E-state index in [0.29, 0.717) is 38.5 Å². The van der Waals surface area contributed by atoms with Gasteiger partial charge in [-0.25, -0.2) is 4.79 Å². The fourth-order valence-electron chi connectivity index (χ4n) is 10.6. The van der Waals surface area contributed by atoms with Gasteiger partial charge in [0.15, 0.2) is 12.6 Å². The van der Waals surface area contributed by atoms with E-state index in [-0.39, 0.29) is 23.2 Å². The lowest BCUT2D eigenvalue weighted by Gasteiger charge is -2.63. The zero-order chi connectivity index (χ0) is 35.9. The van der Waals surface area contributed by atoms with E-state index in [1.165, 1.54) is 12.3 Å². The number of ether oxygens (including phenoxy) is 4. The molecule has 0 bridgehead atoms. The Labute approximate surface area is 290 Å². The van der Waals surface area contributed by atoms with Crippen LogP contribution < -0.4 is 5.63 Å². The van der Waals surface area contributed by atoms with E-state index in [1.54, 1.807) is 13.0 Å². The van der Waals surface area contributed by atoms with E-state index in [0.717, 1.165) is 17.6 Å². The summed E-state index contributed by atoms with van der Waals surface area (Å²) in [6.07, 6.45) is -7.45. The summed E-state index contributed by atoms with van der Waals surface area (Å²) >= 11 is 0. The Bertz CT molecular complexity index is 1460. The van der Waals surface area contributed by atoms with Gasteiger partial charge in [0.05, 0.1) is 36.8 Å². The van der Waals surface area contributed by atoms with E-state index in [2.05, 4.69) is 13.0 Å². The molecular formula is C36H52O14. The number of rotatable bonds is 6. The minimum Gasteiger partial charge on any atom is -0.431 e. The average molecular weight is 709 g/mol. The molecule has 6 aliphatic rings. The largest absolute Gasteiger partial charge is 0.431 e. The van der Waals surface area contributed by atoms with Crippen molar-refractivity contribution in [2.75, 3.05) is 6.61 Å². The van der Waals surface area contributed by atoms with Crippen LogP contribution in [0.1, 0.15) is 77.2 Å². The molecule has 2 saturated heterocycles. The van der Waals surface area contributed by atoms with Crippen molar-refractivity contribution in [3.63, 3.8) is 0 Å². The maximum atomic E-state index is 12.6. The predicted molar refractivity (Wildman–Crippen MR) is 172 cm³/mol. The van der Waals surface area contributed by atoms with Crippen LogP contribution in [0.25, 0.3) is 0 Å². The molecule has 50 heavy (non-hydrogen) atoms. The highest BCUT2D eigenvalue weighted by molar-refractivity contribution is 5.32. The SMILES string of the molecule is C[C@@H]1O[C@@H](O[C@@H]2C=C3CC[C@@H]4[C@H](C[C@@H](O)[C@]5(C)[C@@H](c6ccc(=O)oc6)CC[C@]45O)[C@@]3(C)CC2)[C@H](O[C@@H]2O[C@H](CO)[C@@H](O)[C@H](O)[C@H]2O)[C@H](O)[C@H]1O. The van der Waals surface area contributed by atoms with E-state index in [4.69, 9.17) is 23.4 Å². The second-order valence-corrected chi connectivity index (χ2v) is 16.0. The molecule has 0 unspecified atom stereocenters. The molecule has 4 aliphatic carbocycles. The third kappa shape index (κ3) is 5.57. The maximum Gasteiger partial charge on any atom is 0.335 e. The Kier molecular flexibility index (Phi) is 9.69. The highest BCUT2D eigenvalue weighted by Gasteiger charge is 2.70. The summed E-state index contributed by atoms with van der Waals surface area (Å²) in [6, 6.07) is 3.13. The summed E-state index contributed by atoms with van der Waals surface area (Å²) in [5.41, 5.74) is -0.721. The van der Waals surface area contributed by atoms with Gasteiger partial charge < -0.3 is 64.2 Å². The molecule has 14 nitrogen and oxygen atoms in total. The van der Waals surface area contributed by atoms with Crippen LogP contribution in [0.5, 0.6) is 0 Å². The summed E-state index contributed by atoms with van der Waals surface area (Å²) in [7, 11) is 0. The zero-order valence-electron chi connectivity index (χ0n) is 28.7. The molecule has 0 radical (unpaired) electrons. The van der Waals surface area contributed by atoms with Gasteiger partial charge in [0.25, 0.3) is 0 Å². The number of aliphatic hydroxyl groups excluding tert-OH is 7. The van der Waals surface area contributed by atoms with Crippen molar-refractivity contribution in [1.82, 2.24) is 0 Å². The van der Waals surface area contributed by atoms with Crippen molar-refractivity contribution >= 4 is 0 Å². The van der Waals surface area contributed by atoms with Gasteiger partial charge in [0.2, 0.25) is 0 Å².